The molecule has 0 bridgehead atoms. The van der Waals surface area contributed by atoms with Gasteiger partial charge in [0.25, 0.3) is 0 Å². The minimum absolute atomic E-state index is 0.123. The number of hydrogen-bond donors (Lipinski definition) is 1. The Kier molecular flexibility index (Phi) is 4.74. The van der Waals surface area contributed by atoms with Crippen LogP contribution in [0.3, 0.4) is 0 Å². The number of nitrogens with zero attached hydrogens (tertiary/aromatic N) is 1. The number of rotatable bonds is 5. The summed E-state index contributed by atoms with van der Waals surface area (Å²) in [6.07, 6.45) is 6.01. The Balaban J connectivity index is 2.13. The van der Waals surface area contributed by atoms with E-state index in [1.165, 1.54) is 32.4 Å². The number of aliphatic hydroxyl groups excluding tert-OH is 1. The maximum Gasteiger partial charge on any atom is 0.0512 e. The van der Waals surface area contributed by atoms with Crippen molar-refractivity contribution in [1.82, 2.24) is 4.90 Å². The van der Waals surface area contributed by atoms with Crippen LogP contribution in [0.15, 0.2) is 0 Å². The maximum atomic E-state index is 9.13. The molecule has 0 amide bonds. The Morgan fingerprint density at radius 1 is 1.54 bits per heavy atom. The molecule has 0 aliphatic carbocycles. The van der Waals surface area contributed by atoms with Gasteiger partial charge in [0.05, 0.1) is 6.10 Å². The minimum atomic E-state index is -0.123. The highest BCUT2D eigenvalue weighted by Crippen LogP contribution is 2.20. The van der Waals surface area contributed by atoms with Crippen molar-refractivity contribution in [1.29, 1.82) is 0 Å². The van der Waals surface area contributed by atoms with Crippen molar-refractivity contribution in [3.63, 3.8) is 0 Å². The summed E-state index contributed by atoms with van der Waals surface area (Å²) >= 11 is 0. The Morgan fingerprint density at radius 2 is 2.31 bits per heavy atom. The molecule has 1 rings (SSSR count). The second kappa shape index (κ2) is 5.61. The molecule has 1 aliphatic rings. The van der Waals surface area contributed by atoms with Crippen molar-refractivity contribution in [2.45, 2.75) is 58.1 Å². The predicted molar refractivity (Wildman–Crippen MR) is 55.8 cm³/mol. The van der Waals surface area contributed by atoms with E-state index in [9.17, 15) is 0 Å². The van der Waals surface area contributed by atoms with Crippen LogP contribution < -0.4 is 0 Å². The molecule has 1 fully saturated rings. The van der Waals surface area contributed by atoms with Gasteiger partial charge in [0.15, 0.2) is 0 Å². The van der Waals surface area contributed by atoms with Crippen LogP contribution in [0.2, 0.25) is 0 Å². The third-order valence-corrected chi connectivity index (χ3v) is 3.04. The summed E-state index contributed by atoms with van der Waals surface area (Å²) in [6.45, 7) is 6.61. The van der Waals surface area contributed by atoms with E-state index < -0.39 is 0 Å². The highest BCUT2D eigenvalue weighted by molar-refractivity contribution is 4.77. The lowest BCUT2D eigenvalue weighted by molar-refractivity contribution is 0.167. The number of aliphatic hydroxyl groups is 1. The van der Waals surface area contributed by atoms with Gasteiger partial charge in [-0.15, -0.1) is 0 Å². The first-order valence-electron chi connectivity index (χ1n) is 5.66. The average Bonchev–Trinajstić information content (AvgIpc) is 2.51. The van der Waals surface area contributed by atoms with Crippen LogP contribution in [0.25, 0.3) is 0 Å². The summed E-state index contributed by atoms with van der Waals surface area (Å²) in [7, 11) is 0. The standard InChI is InChI=1S/C11H23NO/c1-3-11-7-5-9-12(11)8-4-6-10(2)13/h10-11,13H,3-9H2,1-2H3. The van der Waals surface area contributed by atoms with Gasteiger partial charge in [-0.3, -0.25) is 0 Å². The molecule has 1 N–H and O–H groups in total. The molecular formula is C11H23NO. The fourth-order valence-electron chi connectivity index (χ4n) is 2.24. The van der Waals surface area contributed by atoms with Crippen LogP contribution in [0, 0.1) is 0 Å². The molecular weight excluding hydrogens is 162 g/mol. The van der Waals surface area contributed by atoms with Crippen molar-refractivity contribution >= 4 is 0 Å². The van der Waals surface area contributed by atoms with Gasteiger partial charge in [-0.2, -0.15) is 0 Å². The smallest absolute Gasteiger partial charge is 0.0512 e. The Morgan fingerprint density at radius 3 is 2.92 bits per heavy atom. The fourth-order valence-corrected chi connectivity index (χ4v) is 2.24. The van der Waals surface area contributed by atoms with Crippen LogP contribution in [0.4, 0.5) is 0 Å². The van der Waals surface area contributed by atoms with Gasteiger partial charge < -0.3 is 10.0 Å². The number of hydrogen-bond acceptors (Lipinski definition) is 2. The summed E-state index contributed by atoms with van der Waals surface area (Å²) in [5, 5.41) is 9.13. The average molecular weight is 185 g/mol. The molecule has 1 heterocycles. The highest BCUT2D eigenvalue weighted by atomic mass is 16.3. The molecule has 0 aromatic heterocycles. The summed E-state index contributed by atoms with van der Waals surface area (Å²) < 4.78 is 0. The summed E-state index contributed by atoms with van der Waals surface area (Å²) in [6, 6.07) is 0.828. The van der Waals surface area contributed by atoms with Gasteiger partial charge in [0.1, 0.15) is 0 Å². The quantitative estimate of drug-likeness (QED) is 0.708. The molecule has 0 aromatic rings. The second-order valence-electron chi connectivity index (χ2n) is 4.23. The van der Waals surface area contributed by atoms with Gasteiger partial charge in [-0.05, 0) is 52.1 Å². The second-order valence-corrected chi connectivity index (χ2v) is 4.23. The van der Waals surface area contributed by atoms with Gasteiger partial charge in [-0.25, -0.2) is 0 Å². The molecule has 0 spiro atoms. The summed E-state index contributed by atoms with van der Waals surface area (Å²) in [5.74, 6) is 0. The first-order chi connectivity index (χ1) is 6.24. The minimum Gasteiger partial charge on any atom is -0.393 e. The van der Waals surface area contributed by atoms with Crippen LogP contribution in [-0.2, 0) is 0 Å². The van der Waals surface area contributed by atoms with Crippen LogP contribution in [0.5, 0.6) is 0 Å². The third kappa shape index (κ3) is 3.65. The van der Waals surface area contributed by atoms with Gasteiger partial charge in [0.2, 0.25) is 0 Å². The van der Waals surface area contributed by atoms with Crippen LogP contribution >= 0.6 is 0 Å². The zero-order valence-electron chi connectivity index (χ0n) is 9.00. The van der Waals surface area contributed by atoms with Crippen LogP contribution in [-0.4, -0.2) is 35.2 Å². The largest absolute Gasteiger partial charge is 0.393 e. The van der Waals surface area contributed by atoms with Gasteiger partial charge in [0, 0.05) is 6.04 Å². The first-order valence-corrected chi connectivity index (χ1v) is 5.66. The zero-order chi connectivity index (χ0) is 9.68. The van der Waals surface area contributed by atoms with Crippen molar-refractivity contribution in [3.05, 3.63) is 0 Å². The predicted octanol–water partition coefficient (Wildman–Crippen LogP) is 2.02. The molecule has 0 radical (unpaired) electrons. The molecule has 2 atom stereocenters. The third-order valence-electron chi connectivity index (χ3n) is 3.04. The molecule has 1 saturated heterocycles. The van der Waals surface area contributed by atoms with Crippen molar-refractivity contribution in [2.75, 3.05) is 13.1 Å². The van der Waals surface area contributed by atoms with E-state index in [1.807, 2.05) is 6.92 Å². The molecule has 0 aromatic carbocycles. The molecule has 1 aliphatic heterocycles. The Labute approximate surface area is 81.9 Å². The van der Waals surface area contributed by atoms with Crippen molar-refractivity contribution in [2.24, 2.45) is 0 Å². The highest BCUT2D eigenvalue weighted by Gasteiger charge is 2.21. The zero-order valence-corrected chi connectivity index (χ0v) is 9.00. The Bertz CT molecular complexity index is 136. The molecule has 2 unspecified atom stereocenters. The van der Waals surface area contributed by atoms with E-state index in [0.29, 0.717) is 0 Å². The van der Waals surface area contributed by atoms with E-state index in [4.69, 9.17) is 5.11 Å². The van der Waals surface area contributed by atoms with E-state index in [0.717, 1.165) is 18.9 Å². The Hall–Kier alpha value is -0.0800. The molecule has 0 saturated carbocycles. The molecule has 78 valence electrons. The summed E-state index contributed by atoms with van der Waals surface area (Å²) in [4.78, 5) is 2.59. The lowest BCUT2D eigenvalue weighted by Gasteiger charge is -2.23. The fraction of sp³-hybridized carbons (Fsp3) is 1.00. The molecule has 13 heavy (non-hydrogen) atoms. The van der Waals surface area contributed by atoms with E-state index in [-0.39, 0.29) is 6.10 Å². The molecule has 2 nitrogen and oxygen atoms in total. The normalized spacial score (nSPS) is 26.5. The van der Waals surface area contributed by atoms with Crippen molar-refractivity contribution in [3.8, 4) is 0 Å². The number of likely N-dealkylation sites (tertiary alicyclic amines) is 1. The lowest BCUT2D eigenvalue weighted by Crippen LogP contribution is -2.30. The van der Waals surface area contributed by atoms with Crippen molar-refractivity contribution < 1.29 is 5.11 Å². The van der Waals surface area contributed by atoms with E-state index >= 15 is 0 Å². The first kappa shape index (κ1) is 11.0. The van der Waals surface area contributed by atoms with Crippen LogP contribution in [0.1, 0.15) is 46.0 Å². The maximum absolute atomic E-state index is 9.13. The topological polar surface area (TPSA) is 23.5 Å². The van der Waals surface area contributed by atoms with E-state index in [1.54, 1.807) is 0 Å². The molecule has 2 heteroatoms. The van der Waals surface area contributed by atoms with E-state index in [2.05, 4.69) is 11.8 Å². The van der Waals surface area contributed by atoms with Gasteiger partial charge in [-0.1, -0.05) is 6.92 Å². The summed E-state index contributed by atoms with van der Waals surface area (Å²) in [5.41, 5.74) is 0. The SMILES string of the molecule is CCC1CCCN1CCCC(C)O. The van der Waals surface area contributed by atoms with Gasteiger partial charge >= 0.3 is 0 Å². The monoisotopic (exact) mass is 185 g/mol. The lowest BCUT2D eigenvalue weighted by atomic mass is 10.1.